The van der Waals surface area contributed by atoms with Gasteiger partial charge in [-0.1, -0.05) is 59.3 Å². The number of ketones is 1. The number of fused-ring (bicyclic) bond motifs is 4. The van der Waals surface area contributed by atoms with Crippen LogP contribution in [0.2, 0.25) is 0 Å². The lowest BCUT2D eigenvalue weighted by molar-refractivity contribution is -0.127. The monoisotopic (exact) mass is 394 g/mol. The Morgan fingerprint density at radius 1 is 0.966 bits per heavy atom. The van der Waals surface area contributed by atoms with Gasteiger partial charge in [-0.3, -0.25) is 4.79 Å². The molecule has 5 aliphatic rings. The summed E-state index contributed by atoms with van der Waals surface area (Å²) >= 11 is 0. The van der Waals surface area contributed by atoms with E-state index >= 15 is 0 Å². The lowest BCUT2D eigenvalue weighted by Crippen LogP contribution is -2.50. The summed E-state index contributed by atoms with van der Waals surface area (Å²) in [6, 6.07) is 0. The molecule has 0 saturated heterocycles. The Bertz CT molecular complexity index is 773. The maximum atomic E-state index is 13.4. The van der Waals surface area contributed by atoms with Crippen LogP contribution in [0, 0.1) is 57.7 Å². The third-order valence-electron chi connectivity index (χ3n) is 11.2. The van der Waals surface area contributed by atoms with Crippen molar-refractivity contribution in [3.63, 3.8) is 0 Å². The van der Waals surface area contributed by atoms with Gasteiger partial charge < -0.3 is 0 Å². The normalized spacial score (nSPS) is 50.0. The van der Waals surface area contributed by atoms with Gasteiger partial charge in [-0.25, -0.2) is 0 Å². The summed E-state index contributed by atoms with van der Waals surface area (Å²) in [5, 5.41) is 0. The SMILES string of the molecule is CC(C)[C@@H](C)/C=C/[C@@H](C)[C@H]1CC[C@H]2C3=CC(=O)[C@]45C[C@@H]4CC[C@]5(C)[C@H]3CC[C@]12C. The Labute approximate surface area is 178 Å². The molecule has 29 heavy (non-hydrogen) atoms. The van der Waals surface area contributed by atoms with Gasteiger partial charge in [0.2, 0.25) is 0 Å². The Kier molecular flexibility index (Phi) is 4.38. The molecule has 5 rings (SSSR count). The number of allylic oxidation sites excluding steroid dienone is 4. The first kappa shape index (κ1) is 20.1. The van der Waals surface area contributed by atoms with Crippen molar-refractivity contribution in [3.05, 3.63) is 23.8 Å². The first-order valence-corrected chi connectivity index (χ1v) is 12.6. The van der Waals surface area contributed by atoms with Gasteiger partial charge in [-0.2, -0.15) is 0 Å². The van der Waals surface area contributed by atoms with Gasteiger partial charge in [0, 0.05) is 5.41 Å². The molecule has 160 valence electrons. The van der Waals surface area contributed by atoms with Crippen LogP contribution in [0.3, 0.4) is 0 Å². The fourth-order valence-corrected chi connectivity index (χ4v) is 8.92. The highest BCUT2D eigenvalue weighted by molar-refractivity contribution is 6.00. The van der Waals surface area contributed by atoms with Crippen molar-refractivity contribution >= 4 is 5.78 Å². The summed E-state index contributed by atoms with van der Waals surface area (Å²) in [5.41, 5.74) is 2.32. The minimum atomic E-state index is 0.0654. The minimum absolute atomic E-state index is 0.0654. The Morgan fingerprint density at radius 3 is 2.41 bits per heavy atom. The largest absolute Gasteiger partial charge is 0.294 e. The van der Waals surface area contributed by atoms with Crippen molar-refractivity contribution in [3.8, 4) is 0 Å². The highest BCUT2D eigenvalue weighted by Crippen LogP contribution is 2.79. The molecule has 0 bridgehead atoms. The number of carbonyl (C=O) groups is 1. The lowest BCUT2D eigenvalue weighted by Gasteiger charge is -2.54. The molecule has 1 heteroatoms. The van der Waals surface area contributed by atoms with Crippen molar-refractivity contribution in [2.45, 2.75) is 86.5 Å². The van der Waals surface area contributed by atoms with Crippen LogP contribution < -0.4 is 0 Å². The van der Waals surface area contributed by atoms with Gasteiger partial charge in [0.15, 0.2) is 5.78 Å². The Balaban J connectivity index is 1.42. The van der Waals surface area contributed by atoms with E-state index < -0.39 is 0 Å². The van der Waals surface area contributed by atoms with E-state index in [1.165, 1.54) is 44.9 Å². The molecule has 4 fully saturated rings. The standard InChI is InChI=1S/C28H42O/c1-17(2)18(3)7-8-19(4)22-9-10-23-21-15-25(29)28-16-20(28)11-14-27(28,6)24(21)12-13-26(22,23)5/h7-8,15,17-20,22-24H,9-14,16H2,1-6H3/b8-7+/t18-,19+,20-,22+,23-,24-,26+,27+,28-/m0/s1. The van der Waals surface area contributed by atoms with Crippen LogP contribution in [-0.2, 0) is 4.79 Å². The maximum absolute atomic E-state index is 13.4. The molecule has 4 saturated carbocycles. The summed E-state index contributed by atoms with van der Waals surface area (Å²) in [6.45, 7) is 14.5. The Morgan fingerprint density at radius 2 is 1.72 bits per heavy atom. The zero-order valence-corrected chi connectivity index (χ0v) is 19.6. The van der Waals surface area contributed by atoms with E-state index in [1.54, 1.807) is 5.57 Å². The molecule has 0 amide bonds. The average Bonchev–Trinajstić information content (AvgIpc) is 3.20. The fraction of sp³-hybridized carbons (Fsp3) is 0.821. The molecule has 1 nitrogen and oxygen atoms in total. The quantitative estimate of drug-likeness (QED) is 0.460. The van der Waals surface area contributed by atoms with E-state index in [0.29, 0.717) is 40.8 Å². The van der Waals surface area contributed by atoms with E-state index in [-0.39, 0.29) is 10.8 Å². The topological polar surface area (TPSA) is 17.1 Å². The van der Waals surface area contributed by atoms with Crippen molar-refractivity contribution in [1.82, 2.24) is 0 Å². The highest BCUT2D eigenvalue weighted by atomic mass is 16.1. The number of hydrogen-bond acceptors (Lipinski definition) is 1. The summed E-state index contributed by atoms with van der Waals surface area (Å²) in [6.07, 6.45) is 16.3. The predicted molar refractivity (Wildman–Crippen MR) is 120 cm³/mol. The van der Waals surface area contributed by atoms with Gasteiger partial charge in [-0.05, 0) is 103 Å². The summed E-state index contributed by atoms with van der Waals surface area (Å²) < 4.78 is 0. The molecule has 0 heterocycles. The summed E-state index contributed by atoms with van der Waals surface area (Å²) in [5.74, 6) is 5.37. The van der Waals surface area contributed by atoms with Crippen molar-refractivity contribution in [2.24, 2.45) is 57.7 Å². The zero-order chi connectivity index (χ0) is 20.8. The van der Waals surface area contributed by atoms with Crippen LogP contribution in [-0.4, -0.2) is 5.78 Å². The highest BCUT2D eigenvalue weighted by Gasteiger charge is 2.76. The van der Waals surface area contributed by atoms with Crippen LogP contribution in [0.5, 0.6) is 0 Å². The molecule has 1 spiro atoms. The van der Waals surface area contributed by atoms with Gasteiger partial charge >= 0.3 is 0 Å². The average molecular weight is 395 g/mol. The van der Waals surface area contributed by atoms with Crippen molar-refractivity contribution < 1.29 is 4.79 Å². The van der Waals surface area contributed by atoms with E-state index in [9.17, 15) is 4.79 Å². The van der Waals surface area contributed by atoms with Gasteiger partial charge in [0.25, 0.3) is 0 Å². The van der Waals surface area contributed by atoms with Crippen LogP contribution in [0.15, 0.2) is 23.8 Å². The molecule has 0 radical (unpaired) electrons. The predicted octanol–water partition coefficient (Wildman–Crippen LogP) is 7.23. The first-order valence-electron chi connectivity index (χ1n) is 12.6. The van der Waals surface area contributed by atoms with Crippen molar-refractivity contribution in [2.75, 3.05) is 0 Å². The van der Waals surface area contributed by atoms with Crippen molar-refractivity contribution in [1.29, 1.82) is 0 Å². The van der Waals surface area contributed by atoms with Crippen LogP contribution in [0.4, 0.5) is 0 Å². The van der Waals surface area contributed by atoms with Gasteiger partial charge in [-0.15, -0.1) is 0 Å². The summed E-state index contributed by atoms with van der Waals surface area (Å²) in [7, 11) is 0. The van der Waals surface area contributed by atoms with Gasteiger partial charge in [0.05, 0.1) is 0 Å². The molecule has 0 N–H and O–H groups in total. The second kappa shape index (κ2) is 6.33. The van der Waals surface area contributed by atoms with Crippen LogP contribution in [0.1, 0.15) is 86.5 Å². The maximum Gasteiger partial charge on any atom is 0.162 e. The van der Waals surface area contributed by atoms with E-state index in [1.807, 2.05) is 0 Å². The first-order chi connectivity index (χ1) is 13.6. The van der Waals surface area contributed by atoms with Crippen LogP contribution >= 0.6 is 0 Å². The molecule has 0 unspecified atom stereocenters. The Hall–Kier alpha value is -0.850. The lowest BCUT2D eigenvalue weighted by atomic mass is 9.49. The summed E-state index contributed by atoms with van der Waals surface area (Å²) in [4.78, 5) is 13.4. The third-order valence-corrected chi connectivity index (χ3v) is 11.2. The van der Waals surface area contributed by atoms with E-state index in [0.717, 1.165) is 11.8 Å². The second-order valence-corrected chi connectivity index (χ2v) is 12.5. The fourth-order valence-electron chi connectivity index (χ4n) is 8.92. The minimum Gasteiger partial charge on any atom is -0.294 e. The van der Waals surface area contributed by atoms with E-state index in [2.05, 4.69) is 59.8 Å². The zero-order valence-electron chi connectivity index (χ0n) is 19.6. The molecule has 0 aromatic rings. The molecule has 0 aliphatic heterocycles. The molecular formula is C28H42O. The number of rotatable bonds is 4. The number of carbonyl (C=O) groups excluding carboxylic acids is 1. The number of hydrogen-bond donors (Lipinski definition) is 0. The molecule has 9 atom stereocenters. The molecule has 5 aliphatic carbocycles. The second-order valence-electron chi connectivity index (χ2n) is 12.5. The smallest absolute Gasteiger partial charge is 0.162 e. The van der Waals surface area contributed by atoms with E-state index in [4.69, 9.17) is 0 Å². The van der Waals surface area contributed by atoms with Crippen LogP contribution in [0.25, 0.3) is 0 Å². The third kappa shape index (κ3) is 2.48. The molecular weight excluding hydrogens is 352 g/mol. The van der Waals surface area contributed by atoms with Gasteiger partial charge in [0.1, 0.15) is 0 Å². The molecule has 0 aromatic carbocycles. The molecule has 0 aromatic heterocycles.